The maximum atomic E-state index is 6.20. The molecule has 20 heavy (non-hydrogen) atoms. The molecule has 1 aliphatic rings. The summed E-state index contributed by atoms with van der Waals surface area (Å²) in [5, 5.41) is 0.635. The number of hydrogen-bond donors (Lipinski definition) is 1. The Labute approximate surface area is 120 Å². The average Bonchev–Trinajstić information content (AvgIpc) is 3.03. The first-order valence-electron chi connectivity index (χ1n) is 6.41. The highest BCUT2D eigenvalue weighted by atomic mass is 35.5. The van der Waals surface area contributed by atoms with Gasteiger partial charge in [-0.15, -0.1) is 0 Å². The molecule has 0 unspecified atom stereocenters. The zero-order valence-electron chi connectivity index (χ0n) is 10.6. The number of nitrogens with zero attached hydrogens (tertiary/aromatic N) is 2. The van der Waals surface area contributed by atoms with E-state index in [0.29, 0.717) is 10.8 Å². The van der Waals surface area contributed by atoms with Gasteiger partial charge in [0.2, 0.25) is 0 Å². The van der Waals surface area contributed by atoms with Crippen LogP contribution in [0.25, 0.3) is 16.9 Å². The van der Waals surface area contributed by atoms with E-state index in [9.17, 15) is 0 Å². The Bertz CT molecular complexity index is 825. The van der Waals surface area contributed by atoms with Crippen molar-refractivity contribution >= 4 is 23.1 Å². The number of rotatable bonds is 1. The third-order valence-electron chi connectivity index (χ3n) is 3.58. The van der Waals surface area contributed by atoms with Crippen molar-refractivity contribution in [1.29, 1.82) is 0 Å². The molecule has 0 fully saturated rings. The summed E-state index contributed by atoms with van der Waals surface area (Å²) in [5.41, 5.74) is 9.98. The van der Waals surface area contributed by atoms with Gasteiger partial charge < -0.3 is 10.5 Å². The van der Waals surface area contributed by atoms with Gasteiger partial charge in [0.15, 0.2) is 0 Å². The smallest absolute Gasteiger partial charge is 0.139 e. The Morgan fingerprint density at radius 2 is 2.15 bits per heavy atom. The van der Waals surface area contributed by atoms with Crippen LogP contribution in [-0.4, -0.2) is 16.0 Å². The van der Waals surface area contributed by atoms with E-state index < -0.39 is 0 Å². The summed E-state index contributed by atoms with van der Waals surface area (Å²) in [4.78, 5) is 4.59. The van der Waals surface area contributed by atoms with Gasteiger partial charge in [-0.1, -0.05) is 11.6 Å². The molecule has 5 heteroatoms. The van der Waals surface area contributed by atoms with Crippen molar-refractivity contribution in [1.82, 2.24) is 9.38 Å². The Morgan fingerprint density at radius 3 is 3.05 bits per heavy atom. The predicted molar refractivity (Wildman–Crippen MR) is 79.2 cm³/mol. The number of nitrogen functional groups attached to an aromatic ring is 1. The highest BCUT2D eigenvalue weighted by molar-refractivity contribution is 6.30. The zero-order valence-corrected chi connectivity index (χ0v) is 11.4. The maximum absolute atomic E-state index is 6.20. The number of imidazole rings is 1. The molecule has 100 valence electrons. The van der Waals surface area contributed by atoms with E-state index in [-0.39, 0.29) is 0 Å². The van der Waals surface area contributed by atoms with Crippen molar-refractivity contribution in [2.75, 3.05) is 12.3 Å². The van der Waals surface area contributed by atoms with Crippen molar-refractivity contribution in [3.63, 3.8) is 0 Å². The average molecular weight is 286 g/mol. The summed E-state index contributed by atoms with van der Waals surface area (Å²) < 4.78 is 7.33. The van der Waals surface area contributed by atoms with Crippen molar-refractivity contribution in [2.24, 2.45) is 0 Å². The van der Waals surface area contributed by atoms with Crippen LogP contribution in [0.4, 0.5) is 5.82 Å². The number of hydrogen-bond acceptors (Lipinski definition) is 3. The lowest BCUT2D eigenvalue weighted by Gasteiger charge is -2.03. The molecule has 0 amide bonds. The van der Waals surface area contributed by atoms with Crippen LogP contribution in [0.5, 0.6) is 5.75 Å². The molecule has 0 bridgehead atoms. The van der Waals surface area contributed by atoms with Gasteiger partial charge in [0.25, 0.3) is 0 Å². The lowest BCUT2D eigenvalue weighted by atomic mass is 10.1. The summed E-state index contributed by atoms with van der Waals surface area (Å²) in [5.74, 6) is 1.56. The van der Waals surface area contributed by atoms with E-state index in [0.717, 1.165) is 35.7 Å². The first-order chi connectivity index (χ1) is 9.72. The zero-order chi connectivity index (χ0) is 13.7. The highest BCUT2D eigenvalue weighted by Crippen LogP contribution is 2.33. The van der Waals surface area contributed by atoms with E-state index in [1.54, 1.807) is 10.6 Å². The van der Waals surface area contributed by atoms with Crippen molar-refractivity contribution in [2.45, 2.75) is 6.42 Å². The SMILES string of the molecule is Nc1c(-c2ccc3c(c2)CCO3)nc2ccc(Cl)cn12. The second-order valence-electron chi connectivity index (χ2n) is 4.84. The minimum absolute atomic E-state index is 0.598. The van der Waals surface area contributed by atoms with Gasteiger partial charge >= 0.3 is 0 Å². The molecule has 0 aliphatic carbocycles. The molecule has 0 spiro atoms. The second-order valence-corrected chi connectivity index (χ2v) is 5.28. The van der Waals surface area contributed by atoms with Crippen LogP contribution >= 0.6 is 11.6 Å². The van der Waals surface area contributed by atoms with Crippen LogP contribution in [0, 0.1) is 0 Å². The number of ether oxygens (including phenoxy) is 1. The first kappa shape index (κ1) is 11.6. The number of pyridine rings is 1. The molecule has 1 aliphatic heterocycles. The summed E-state index contributed by atoms with van der Waals surface area (Å²) in [6.45, 7) is 0.745. The standard InChI is InChI=1S/C15H12ClN3O/c16-11-2-4-13-18-14(15(17)19(13)8-11)10-1-3-12-9(7-10)5-6-20-12/h1-4,7-8H,5-6,17H2. The van der Waals surface area contributed by atoms with Gasteiger partial charge in [-0.2, -0.15) is 0 Å². The largest absolute Gasteiger partial charge is 0.493 e. The Hall–Kier alpha value is -2.20. The summed E-state index contributed by atoms with van der Waals surface area (Å²) in [6, 6.07) is 9.74. The van der Waals surface area contributed by atoms with Gasteiger partial charge in [-0.05, 0) is 35.9 Å². The monoisotopic (exact) mass is 285 g/mol. The molecule has 0 saturated heterocycles. The second kappa shape index (κ2) is 4.15. The third kappa shape index (κ3) is 1.65. The quantitative estimate of drug-likeness (QED) is 0.747. The van der Waals surface area contributed by atoms with Gasteiger partial charge in [-0.25, -0.2) is 4.98 Å². The van der Waals surface area contributed by atoms with Crippen molar-refractivity contribution in [3.8, 4) is 17.0 Å². The topological polar surface area (TPSA) is 52.5 Å². The number of halogens is 1. The van der Waals surface area contributed by atoms with Crippen LogP contribution in [0.3, 0.4) is 0 Å². The molecule has 3 aromatic rings. The number of fused-ring (bicyclic) bond motifs is 2. The first-order valence-corrected chi connectivity index (χ1v) is 6.79. The molecule has 2 aromatic heterocycles. The molecular weight excluding hydrogens is 274 g/mol. The van der Waals surface area contributed by atoms with Crippen LogP contribution in [0.2, 0.25) is 5.02 Å². The normalized spacial score (nSPS) is 13.4. The molecule has 0 saturated carbocycles. The molecule has 0 atom stereocenters. The minimum Gasteiger partial charge on any atom is -0.493 e. The Balaban J connectivity index is 1.92. The molecule has 3 heterocycles. The van der Waals surface area contributed by atoms with Gasteiger partial charge in [-0.3, -0.25) is 4.40 Å². The van der Waals surface area contributed by atoms with Crippen LogP contribution < -0.4 is 10.5 Å². The Kier molecular flexibility index (Phi) is 2.41. The van der Waals surface area contributed by atoms with E-state index in [4.69, 9.17) is 22.1 Å². The molecule has 0 radical (unpaired) electrons. The number of benzene rings is 1. The fourth-order valence-electron chi connectivity index (χ4n) is 2.58. The van der Waals surface area contributed by atoms with E-state index in [2.05, 4.69) is 11.1 Å². The number of anilines is 1. The van der Waals surface area contributed by atoms with Crippen molar-refractivity contribution < 1.29 is 4.74 Å². The van der Waals surface area contributed by atoms with Crippen LogP contribution in [0.1, 0.15) is 5.56 Å². The van der Waals surface area contributed by atoms with Gasteiger partial charge in [0.1, 0.15) is 22.9 Å². The maximum Gasteiger partial charge on any atom is 0.139 e. The lowest BCUT2D eigenvalue weighted by Crippen LogP contribution is -1.94. The highest BCUT2D eigenvalue weighted by Gasteiger charge is 2.16. The van der Waals surface area contributed by atoms with Crippen LogP contribution in [-0.2, 0) is 6.42 Å². The molecule has 4 rings (SSSR count). The van der Waals surface area contributed by atoms with E-state index >= 15 is 0 Å². The number of aromatic nitrogens is 2. The molecule has 4 nitrogen and oxygen atoms in total. The minimum atomic E-state index is 0.598. The van der Waals surface area contributed by atoms with Crippen LogP contribution in [0.15, 0.2) is 36.5 Å². The number of nitrogens with two attached hydrogens (primary N) is 1. The molecule has 1 aromatic carbocycles. The Morgan fingerprint density at radius 1 is 1.25 bits per heavy atom. The molecular formula is C15H12ClN3O. The van der Waals surface area contributed by atoms with Gasteiger partial charge in [0.05, 0.1) is 11.6 Å². The fourth-order valence-corrected chi connectivity index (χ4v) is 2.74. The fraction of sp³-hybridized carbons (Fsp3) is 0.133. The van der Waals surface area contributed by atoms with Gasteiger partial charge in [0, 0.05) is 18.2 Å². The van der Waals surface area contributed by atoms with E-state index in [1.807, 2.05) is 24.3 Å². The summed E-state index contributed by atoms with van der Waals surface area (Å²) in [6.07, 6.45) is 2.71. The third-order valence-corrected chi connectivity index (χ3v) is 3.81. The van der Waals surface area contributed by atoms with Crippen molar-refractivity contribution in [3.05, 3.63) is 47.1 Å². The molecule has 2 N–H and O–H groups in total. The predicted octanol–water partition coefficient (Wildman–Crippen LogP) is 3.17. The lowest BCUT2D eigenvalue weighted by molar-refractivity contribution is 0.357. The summed E-state index contributed by atoms with van der Waals surface area (Å²) in [7, 11) is 0. The summed E-state index contributed by atoms with van der Waals surface area (Å²) >= 11 is 6.00. The van der Waals surface area contributed by atoms with E-state index in [1.165, 1.54) is 5.56 Å².